The summed E-state index contributed by atoms with van der Waals surface area (Å²) in [6, 6.07) is 0. The van der Waals surface area contributed by atoms with Crippen LogP contribution in [0.4, 0.5) is 0 Å². The predicted molar refractivity (Wildman–Crippen MR) is 94.8 cm³/mol. The molecule has 1 amide bonds. The molecule has 1 aliphatic carbocycles. The van der Waals surface area contributed by atoms with Gasteiger partial charge >= 0.3 is 0 Å². The molecule has 7 nitrogen and oxygen atoms in total. The Morgan fingerprint density at radius 1 is 1.28 bits per heavy atom. The van der Waals surface area contributed by atoms with Gasteiger partial charge in [-0.15, -0.1) is 0 Å². The zero-order valence-corrected chi connectivity index (χ0v) is 15.5. The van der Waals surface area contributed by atoms with E-state index < -0.39 is 5.54 Å². The molecule has 0 atom stereocenters. The molecule has 1 aliphatic heterocycles. The number of piperidine rings is 1. The molecule has 0 unspecified atom stereocenters. The van der Waals surface area contributed by atoms with Crippen molar-refractivity contribution in [2.45, 2.75) is 64.5 Å². The van der Waals surface area contributed by atoms with Gasteiger partial charge in [0.15, 0.2) is 5.82 Å². The van der Waals surface area contributed by atoms with Crippen molar-refractivity contribution in [3.05, 3.63) is 11.7 Å². The van der Waals surface area contributed by atoms with E-state index >= 15 is 0 Å². The van der Waals surface area contributed by atoms with E-state index in [1.165, 1.54) is 0 Å². The van der Waals surface area contributed by atoms with Crippen LogP contribution in [-0.2, 0) is 16.9 Å². The summed E-state index contributed by atoms with van der Waals surface area (Å²) in [5, 5.41) is 10.9. The van der Waals surface area contributed by atoms with Crippen LogP contribution in [0.1, 0.15) is 64.1 Å². The molecule has 140 valence electrons. The molecule has 0 radical (unpaired) electrons. The van der Waals surface area contributed by atoms with Crippen LogP contribution in [0.3, 0.4) is 0 Å². The van der Waals surface area contributed by atoms with Crippen molar-refractivity contribution in [1.82, 2.24) is 25.7 Å². The van der Waals surface area contributed by atoms with Gasteiger partial charge in [-0.3, -0.25) is 9.69 Å². The topological polar surface area (TPSA) is 83.3 Å². The van der Waals surface area contributed by atoms with Gasteiger partial charge in [-0.25, -0.2) is 0 Å². The largest absolute Gasteiger partial charge is 0.343 e. The highest BCUT2D eigenvalue weighted by Crippen LogP contribution is 2.37. The fourth-order valence-electron chi connectivity index (χ4n) is 3.96. The van der Waals surface area contributed by atoms with E-state index in [0.29, 0.717) is 18.3 Å². The predicted octanol–water partition coefficient (Wildman–Crippen LogP) is 1.80. The lowest BCUT2D eigenvalue weighted by Gasteiger charge is -2.30. The van der Waals surface area contributed by atoms with Crippen molar-refractivity contribution in [3.63, 3.8) is 0 Å². The maximum absolute atomic E-state index is 12.8. The summed E-state index contributed by atoms with van der Waals surface area (Å²) < 4.78 is 5.50. The summed E-state index contributed by atoms with van der Waals surface area (Å²) in [6.45, 7) is 8.65. The second kappa shape index (κ2) is 8.27. The van der Waals surface area contributed by atoms with Crippen LogP contribution in [0.25, 0.3) is 0 Å². The number of amides is 1. The third kappa shape index (κ3) is 4.20. The van der Waals surface area contributed by atoms with E-state index in [1.807, 2.05) is 0 Å². The molecule has 3 rings (SSSR count). The molecule has 2 aliphatic rings. The Morgan fingerprint density at radius 2 is 1.96 bits per heavy atom. The summed E-state index contributed by atoms with van der Waals surface area (Å²) in [4.78, 5) is 19.7. The van der Waals surface area contributed by atoms with Gasteiger partial charge in [0, 0.05) is 5.92 Å². The molecule has 1 aromatic heterocycles. The van der Waals surface area contributed by atoms with Gasteiger partial charge < -0.3 is 15.2 Å². The summed E-state index contributed by atoms with van der Waals surface area (Å²) >= 11 is 0. The van der Waals surface area contributed by atoms with Gasteiger partial charge in [0.1, 0.15) is 5.54 Å². The van der Waals surface area contributed by atoms with Gasteiger partial charge in [0.05, 0.1) is 6.54 Å². The van der Waals surface area contributed by atoms with E-state index in [9.17, 15) is 4.79 Å². The van der Waals surface area contributed by atoms with Crippen molar-refractivity contribution in [1.29, 1.82) is 0 Å². The number of nitrogens with zero attached hydrogens (tertiary/aromatic N) is 3. The van der Waals surface area contributed by atoms with Gasteiger partial charge in [0.2, 0.25) is 11.8 Å². The fourth-order valence-corrected chi connectivity index (χ4v) is 3.96. The molecule has 2 heterocycles. The standard InChI is InChI=1S/C18H31N5O2/c1-3-23(4-2)13-15-20-17(22-25-15)18(9-5-6-10-18)21-16(24)14-7-11-19-12-8-14/h14,19H,3-13H2,1-2H3,(H,21,24). The number of rotatable bonds is 7. The number of hydrogen-bond donors (Lipinski definition) is 2. The Hall–Kier alpha value is -1.47. The normalized spacial score (nSPS) is 20.9. The number of hydrogen-bond acceptors (Lipinski definition) is 6. The van der Waals surface area contributed by atoms with Crippen LogP contribution in [0, 0.1) is 5.92 Å². The summed E-state index contributed by atoms with van der Waals surface area (Å²) in [5.41, 5.74) is -0.438. The minimum absolute atomic E-state index is 0.0979. The zero-order chi connectivity index (χ0) is 17.7. The van der Waals surface area contributed by atoms with E-state index in [1.54, 1.807) is 0 Å². The molecular formula is C18H31N5O2. The second-order valence-electron chi connectivity index (χ2n) is 7.28. The molecular weight excluding hydrogens is 318 g/mol. The quantitative estimate of drug-likeness (QED) is 0.781. The molecule has 0 spiro atoms. The molecule has 1 saturated carbocycles. The zero-order valence-electron chi connectivity index (χ0n) is 15.5. The van der Waals surface area contributed by atoms with Crippen LogP contribution in [-0.4, -0.2) is 47.1 Å². The highest BCUT2D eigenvalue weighted by Gasteiger charge is 2.42. The van der Waals surface area contributed by atoms with Crippen LogP contribution in [0.15, 0.2) is 4.52 Å². The lowest BCUT2D eigenvalue weighted by molar-refractivity contribution is -0.128. The smallest absolute Gasteiger partial charge is 0.240 e. The molecule has 2 N–H and O–H groups in total. The Bertz CT molecular complexity index is 558. The summed E-state index contributed by atoms with van der Waals surface area (Å²) in [7, 11) is 0. The lowest BCUT2D eigenvalue weighted by atomic mass is 9.92. The van der Waals surface area contributed by atoms with Gasteiger partial charge in [0.25, 0.3) is 0 Å². The Kier molecular flexibility index (Phi) is 6.06. The van der Waals surface area contributed by atoms with Crippen LogP contribution in [0.2, 0.25) is 0 Å². The first-order chi connectivity index (χ1) is 12.2. The Labute approximate surface area is 149 Å². The van der Waals surface area contributed by atoms with Crippen molar-refractivity contribution >= 4 is 5.91 Å². The average Bonchev–Trinajstić information content (AvgIpc) is 3.30. The van der Waals surface area contributed by atoms with Crippen molar-refractivity contribution < 1.29 is 9.32 Å². The van der Waals surface area contributed by atoms with Gasteiger partial charge in [-0.05, 0) is 51.9 Å². The van der Waals surface area contributed by atoms with Crippen LogP contribution in [0.5, 0.6) is 0 Å². The maximum atomic E-state index is 12.8. The number of carbonyl (C=O) groups excluding carboxylic acids is 1. The fraction of sp³-hybridized carbons (Fsp3) is 0.833. The first-order valence-electron chi connectivity index (χ1n) is 9.75. The van der Waals surface area contributed by atoms with E-state index in [4.69, 9.17) is 4.52 Å². The minimum Gasteiger partial charge on any atom is -0.343 e. The van der Waals surface area contributed by atoms with Crippen molar-refractivity contribution in [3.8, 4) is 0 Å². The highest BCUT2D eigenvalue weighted by atomic mass is 16.5. The summed E-state index contributed by atoms with van der Waals surface area (Å²) in [6.07, 6.45) is 5.78. The number of aromatic nitrogens is 2. The Balaban J connectivity index is 1.71. The van der Waals surface area contributed by atoms with E-state index in [-0.39, 0.29) is 11.8 Å². The van der Waals surface area contributed by atoms with Crippen LogP contribution >= 0.6 is 0 Å². The molecule has 1 saturated heterocycles. The molecule has 2 fully saturated rings. The minimum atomic E-state index is -0.438. The monoisotopic (exact) mass is 349 g/mol. The maximum Gasteiger partial charge on any atom is 0.240 e. The number of carbonyl (C=O) groups is 1. The SMILES string of the molecule is CCN(CC)Cc1nc(C2(NC(=O)C3CCNCC3)CCCC2)no1. The van der Waals surface area contributed by atoms with Crippen molar-refractivity contribution in [2.24, 2.45) is 5.92 Å². The first kappa shape index (κ1) is 18.3. The molecule has 7 heteroatoms. The molecule has 25 heavy (non-hydrogen) atoms. The third-order valence-electron chi connectivity index (χ3n) is 5.68. The Morgan fingerprint density at radius 3 is 2.60 bits per heavy atom. The molecule has 0 bridgehead atoms. The van der Waals surface area contributed by atoms with Gasteiger partial charge in [-0.1, -0.05) is 31.8 Å². The van der Waals surface area contributed by atoms with Crippen LogP contribution < -0.4 is 10.6 Å². The van der Waals surface area contributed by atoms with Gasteiger partial charge in [-0.2, -0.15) is 4.98 Å². The lowest BCUT2D eigenvalue weighted by Crippen LogP contribution is -2.48. The molecule has 0 aromatic carbocycles. The van der Waals surface area contributed by atoms with Crippen molar-refractivity contribution in [2.75, 3.05) is 26.2 Å². The third-order valence-corrected chi connectivity index (χ3v) is 5.68. The average molecular weight is 349 g/mol. The highest BCUT2D eigenvalue weighted by molar-refractivity contribution is 5.79. The summed E-state index contributed by atoms with van der Waals surface area (Å²) in [5.74, 6) is 1.55. The van der Waals surface area contributed by atoms with E-state index in [2.05, 4.69) is 39.5 Å². The number of nitrogens with one attached hydrogen (secondary N) is 2. The second-order valence-corrected chi connectivity index (χ2v) is 7.28. The molecule has 1 aromatic rings. The van der Waals surface area contributed by atoms with E-state index in [0.717, 1.165) is 64.7 Å². The first-order valence-corrected chi connectivity index (χ1v) is 9.75.